The summed E-state index contributed by atoms with van der Waals surface area (Å²) in [5, 5.41) is 0. The highest BCUT2D eigenvalue weighted by molar-refractivity contribution is 5.82. The lowest BCUT2D eigenvalue weighted by Gasteiger charge is -2.37. The standard InChI is InChI=1S/C19H18O3/c1-18-12-16(20)13-19(22-18,15-10-6-3-7-11-15)17(21-18)14-8-4-2-5-9-14/h2-11,17H,12-13H2,1H3. The van der Waals surface area contributed by atoms with Crippen LogP contribution in [-0.4, -0.2) is 11.6 Å². The van der Waals surface area contributed by atoms with Crippen LogP contribution in [0.2, 0.25) is 0 Å². The van der Waals surface area contributed by atoms with Crippen molar-refractivity contribution in [3.05, 3.63) is 71.8 Å². The molecule has 22 heavy (non-hydrogen) atoms. The molecule has 2 aromatic carbocycles. The van der Waals surface area contributed by atoms with Gasteiger partial charge in [0, 0.05) is 6.42 Å². The molecule has 0 N–H and O–H groups in total. The Kier molecular flexibility index (Phi) is 2.96. The minimum absolute atomic E-state index is 0.191. The van der Waals surface area contributed by atoms with E-state index in [0.29, 0.717) is 12.8 Å². The lowest BCUT2D eigenvalue weighted by Crippen LogP contribution is -2.42. The van der Waals surface area contributed by atoms with Gasteiger partial charge in [0.2, 0.25) is 0 Å². The summed E-state index contributed by atoms with van der Waals surface area (Å²) in [5.41, 5.74) is 1.32. The first-order chi connectivity index (χ1) is 10.6. The number of fused-ring (bicyclic) bond motifs is 2. The molecule has 3 atom stereocenters. The van der Waals surface area contributed by atoms with Gasteiger partial charge in [-0.25, -0.2) is 0 Å². The first-order valence-corrected chi connectivity index (χ1v) is 7.62. The Morgan fingerprint density at radius 2 is 1.59 bits per heavy atom. The minimum Gasteiger partial charge on any atom is -0.338 e. The van der Waals surface area contributed by atoms with Gasteiger partial charge in [-0.15, -0.1) is 0 Å². The van der Waals surface area contributed by atoms with Crippen LogP contribution in [0.3, 0.4) is 0 Å². The van der Waals surface area contributed by atoms with Gasteiger partial charge in [-0.2, -0.15) is 0 Å². The van der Waals surface area contributed by atoms with Gasteiger partial charge in [0.15, 0.2) is 5.79 Å². The molecule has 0 radical (unpaired) electrons. The van der Waals surface area contributed by atoms with Gasteiger partial charge >= 0.3 is 0 Å². The van der Waals surface area contributed by atoms with Gasteiger partial charge in [-0.3, -0.25) is 4.79 Å². The van der Waals surface area contributed by atoms with Crippen LogP contribution >= 0.6 is 0 Å². The molecule has 2 heterocycles. The zero-order valence-corrected chi connectivity index (χ0v) is 12.5. The Bertz CT molecular complexity index is 697. The van der Waals surface area contributed by atoms with Gasteiger partial charge in [0.05, 0.1) is 6.42 Å². The maximum atomic E-state index is 12.3. The SMILES string of the molecule is CC12CC(=O)CC(c3ccccc3)(O1)C(c1ccccc1)O2. The number of carbonyl (C=O) groups excluding carboxylic acids is 1. The fourth-order valence-corrected chi connectivity index (χ4v) is 3.73. The van der Waals surface area contributed by atoms with Crippen molar-refractivity contribution in [3.63, 3.8) is 0 Å². The fraction of sp³-hybridized carbons (Fsp3) is 0.316. The highest BCUT2D eigenvalue weighted by atomic mass is 16.8. The van der Waals surface area contributed by atoms with E-state index in [1.807, 2.05) is 67.6 Å². The monoisotopic (exact) mass is 294 g/mol. The highest BCUT2D eigenvalue weighted by Gasteiger charge is 2.61. The predicted molar refractivity (Wildman–Crippen MR) is 82.1 cm³/mol. The van der Waals surface area contributed by atoms with Crippen LogP contribution in [-0.2, 0) is 19.9 Å². The maximum absolute atomic E-state index is 12.3. The van der Waals surface area contributed by atoms with Crippen molar-refractivity contribution in [2.24, 2.45) is 0 Å². The Balaban J connectivity index is 1.88. The molecule has 0 amide bonds. The second-order valence-corrected chi connectivity index (χ2v) is 6.29. The van der Waals surface area contributed by atoms with Crippen molar-refractivity contribution in [1.29, 1.82) is 0 Å². The molecular weight excluding hydrogens is 276 g/mol. The minimum atomic E-state index is -0.842. The Morgan fingerprint density at radius 1 is 0.955 bits per heavy atom. The van der Waals surface area contributed by atoms with Gasteiger partial charge in [0.1, 0.15) is 17.5 Å². The number of rotatable bonds is 2. The summed E-state index contributed by atoms with van der Waals surface area (Å²) in [6.45, 7) is 1.87. The summed E-state index contributed by atoms with van der Waals surface area (Å²) in [7, 11) is 0. The number of benzene rings is 2. The fourth-order valence-electron chi connectivity index (χ4n) is 3.73. The van der Waals surface area contributed by atoms with Gasteiger partial charge in [-0.1, -0.05) is 60.7 Å². The number of hydrogen-bond donors (Lipinski definition) is 0. The lowest BCUT2D eigenvalue weighted by molar-refractivity contribution is -0.202. The molecule has 2 aliphatic heterocycles. The van der Waals surface area contributed by atoms with E-state index in [-0.39, 0.29) is 11.9 Å². The van der Waals surface area contributed by atoms with Gasteiger partial charge in [0.25, 0.3) is 0 Å². The van der Waals surface area contributed by atoms with E-state index in [1.165, 1.54) is 0 Å². The van der Waals surface area contributed by atoms with Crippen molar-refractivity contribution in [1.82, 2.24) is 0 Å². The third-order valence-corrected chi connectivity index (χ3v) is 4.53. The molecule has 0 aliphatic carbocycles. The molecule has 2 bridgehead atoms. The van der Waals surface area contributed by atoms with E-state index in [2.05, 4.69) is 0 Å². The van der Waals surface area contributed by atoms with Gasteiger partial charge in [-0.05, 0) is 18.1 Å². The van der Waals surface area contributed by atoms with E-state index in [9.17, 15) is 4.79 Å². The Morgan fingerprint density at radius 3 is 2.27 bits per heavy atom. The first kappa shape index (κ1) is 13.7. The predicted octanol–water partition coefficient (Wildman–Crippen LogP) is 3.75. The van der Waals surface area contributed by atoms with Crippen LogP contribution in [0.15, 0.2) is 60.7 Å². The van der Waals surface area contributed by atoms with Crippen LogP contribution in [0.1, 0.15) is 37.0 Å². The molecule has 3 unspecified atom stereocenters. The summed E-state index contributed by atoms with van der Waals surface area (Å²) < 4.78 is 12.6. The van der Waals surface area contributed by atoms with Crippen LogP contribution in [0, 0.1) is 0 Å². The van der Waals surface area contributed by atoms with E-state index >= 15 is 0 Å². The summed E-state index contributed by atoms with van der Waals surface area (Å²) in [5.74, 6) is -0.651. The van der Waals surface area contributed by atoms with E-state index in [1.54, 1.807) is 0 Å². The molecule has 2 aliphatic rings. The number of ether oxygens (including phenoxy) is 2. The van der Waals surface area contributed by atoms with E-state index in [0.717, 1.165) is 11.1 Å². The summed E-state index contributed by atoms with van der Waals surface area (Å²) in [4.78, 5) is 12.3. The highest BCUT2D eigenvalue weighted by Crippen LogP contribution is 2.57. The summed E-state index contributed by atoms with van der Waals surface area (Å²) >= 11 is 0. The van der Waals surface area contributed by atoms with Crippen molar-refractivity contribution >= 4 is 5.78 Å². The largest absolute Gasteiger partial charge is 0.338 e. The molecule has 0 spiro atoms. The average molecular weight is 294 g/mol. The number of ketones is 1. The molecule has 3 heteroatoms. The van der Waals surface area contributed by atoms with Crippen LogP contribution in [0.4, 0.5) is 0 Å². The van der Waals surface area contributed by atoms with Crippen molar-refractivity contribution in [2.75, 3.05) is 0 Å². The molecule has 2 aromatic rings. The van der Waals surface area contributed by atoms with Gasteiger partial charge < -0.3 is 9.47 Å². The summed E-state index contributed by atoms with van der Waals surface area (Å²) in [6, 6.07) is 20.0. The normalized spacial score (nSPS) is 33.9. The number of hydrogen-bond acceptors (Lipinski definition) is 3. The molecule has 0 aromatic heterocycles. The third-order valence-electron chi connectivity index (χ3n) is 4.53. The first-order valence-electron chi connectivity index (χ1n) is 7.62. The number of carbonyl (C=O) groups is 1. The zero-order chi connectivity index (χ0) is 15.2. The van der Waals surface area contributed by atoms with Crippen LogP contribution in [0.5, 0.6) is 0 Å². The molecule has 112 valence electrons. The average Bonchev–Trinajstić information content (AvgIpc) is 2.76. The molecule has 2 saturated heterocycles. The van der Waals surface area contributed by atoms with Crippen molar-refractivity contribution in [3.8, 4) is 0 Å². The van der Waals surface area contributed by atoms with Crippen molar-refractivity contribution in [2.45, 2.75) is 37.3 Å². The topological polar surface area (TPSA) is 35.5 Å². The molecular formula is C19H18O3. The Labute approximate surface area is 129 Å². The molecule has 2 fully saturated rings. The van der Waals surface area contributed by atoms with E-state index in [4.69, 9.17) is 9.47 Å². The second kappa shape index (κ2) is 4.77. The molecule has 4 rings (SSSR count). The smallest absolute Gasteiger partial charge is 0.174 e. The zero-order valence-electron chi connectivity index (χ0n) is 12.5. The van der Waals surface area contributed by atoms with Crippen LogP contribution < -0.4 is 0 Å². The number of Topliss-reactive ketones (excluding diaryl/α,β-unsaturated/α-hetero) is 1. The summed E-state index contributed by atoms with van der Waals surface area (Å²) in [6.07, 6.45) is 0.393. The third kappa shape index (κ3) is 2.01. The lowest BCUT2D eigenvalue weighted by atomic mass is 9.79. The quantitative estimate of drug-likeness (QED) is 0.846. The molecule has 3 nitrogen and oxygen atoms in total. The van der Waals surface area contributed by atoms with Crippen LogP contribution in [0.25, 0.3) is 0 Å². The van der Waals surface area contributed by atoms with Crippen molar-refractivity contribution < 1.29 is 14.3 Å². The second-order valence-electron chi connectivity index (χ2n) is 6.29. The molecule has 0 saturated carbocycles. The Hall–Kier alpha value is -1.97. The maximum Gasteiger partial charge on any atom is 0.174 e. The van der Waals surface area contributed by atoms with E-state index < -0.39 is 11.4 Å².